The van der Waals surface area contributed by atoms with Crippen LogP contribution in [0.25, 0.3) is 0 Å². The summed E-state index contributed by atoms with van der Waals surface area (Å²) in [4.78, 5) is 35.0. The Kier molecular flexibility index (Phi) is 8.58. The van der Waals surface area contributed by atoms with E-state index in [1.54, 1.807) is 20.8 Å². The summed E-state index contributed by atoms with van der Waals surface area (Å²) in [5.41, 5.74) is 4.48. The van der Waals surface area contributed by atoms with E-state index in [2.05, 4.69) is 4.74 Å². The number of ether oxygens (including phenoxy) is 3. The Morgan fingerprint density at radius 1 is 0.840 bits per heavy atom. The first kappa shape index (κ1) is 23.4. The monoisotopic (exact) mass is 359 g/mol. The molecule has 0 fully saturated rings. The highest BCUT2D eigenvalue weighted by atomic mass is 16.6. The van der Waals surface area contributed by atoms with Gasteiger partial charge in [0, 0.05) is 5.54 Å². The topological polar surface area (TPSA) is 105 Å². The van der Waals surface area contributed by atoms with Crippen molar-refractivity contribution >= 4 is 17.9 Å². The van der Waals surface area contributed by atoms with Crippen LogP contribution in [0.5, 0.6) is 0 Å². The molecule has 0 radical (unpaired) electrons. The zero-order valence-electron chi connectivity index (χ0n) is 16.6. The second kappa shape index (κ2) is 9.17. The zero-order chi connectivity index (χ0) is 19.9. The highest BCUT2D eigenvalue weighted by Crippen LogP contribution is 2.41. The van der Waals surface area contributed by atoms with Crippen LogP contribution in [0.1, 0.15) is 60.8 Å². The Hall–Kier alpha value is -1.63. The van der Waals surface area contributed by atoms with Gasteiger partial charge in [0.15, 0.2) is 0 Å². The average Bonchev–Trinajstić information content (AvgIpc) is 2.45. The smallest absolute Gasteiger partial charge is 0.313 e. The number of hydrogen-bond acceptors (Lipinski definition) is 7. The van der Waals surface area contributed by atoms with Gasteiger partial charge in [-0.15, -0.1) is 0 Å². The molecule has 0 heterocycles. The van der Waals surface area contributed by atoms with Gasteiger partial charge in [-0.25, -0.2) is 0 Å². The number of carbonyl (C=O) groups is 3. The fourth-order valence-corrected chi connectivity index (χ4v) is 2.45. The van der Waals surface area contributed by atoms with Crippen LogP contribution in [-0.2, 0) is 28.6 Å². The minimum atomic E-state index is -0.875. The van der Waals surface area contributed by atoms with Crippen molar-refractivity contribution in [3.8, 4) is 0 Å². The Balaban J connectivity index is 4.50. The average molecular weight is 359 g/mol. The zero-order valence-corrected chi connectivity index (χ0v) is 16.6. The summed E-state index contributed by atoms with van der Waals surface area (Å²) < 4.78 is 14.7. The number of esters is 3. The quantitative estimate of drug-likeness (QED) is 0.382. The maximum Gasteiger partial charge on any atom is 0.313 e. The van der Waals surface area contributed by atoms with Crippen LogP contribution in [0.4, 0.5) is 0 Å². The molecular formula is C18H33NO6. The van der Waals surface area contributed by atoms with Crippen molar-refractivity contribution in [3.63, 3.8) is 0 Å². The summed E-state index contributed by atoms with van der Waals surface area (Å²) in [7, 11) is 1.25. The fraction of sp³-hybridized carbons (Fsp3) is 0.833. The molecule has 0 saturated heterocycles. The van der Waals surface area contributed by atoms with E-state index < -0.39 is 28.9 Å². The molecule has 0 saturated carbocycles. The largest absolute Gasteiger partial charge is 0.469 e. The third-order valence-electron chi connectivity index (χ3n) is 4.10. The SMILES string of the molecule is COC(=O)CCC(=O)OCCOC(=O)C(C)(CC(C)(C)C)C(C)(C)N. The van der Waals surface area contributed by atoms with Gasteiger partial charge in [-0.3, -0.25) is 14.4 Å². The summed E-state index contributed by atoms with van der Waals surface area (Å²) in [6, 6.07) is 0. The number of carbonyl (C=O) groups excluding carboxylic acids is 3. The second-order valence-electron chi connectivity index (χ2n) is 8.22. The first-order valence-electron chi connectivity index (χ1n) is 8.41. The second-order valence-corrected chi connectivity index (χ2v) is 8.22. The van der Waals surface area contributed by atoms with Gasteiger partial charge in [0.25, 0.3) is 0 Å². The van der Waals surface area contributed by atoms with Crippen LogP contribution in [0, 0.1) is 10.8 Å². The first-order chi connectivity index (χ1) is 11.2. The molecule has 1 atom stereocenters. The van der Waals surface area contributed by atoms with E-state index in [1.807, 2.05) is 20.8 Å². The van der Waals surface area contributed by atoms with Gasteiger partial charge in [-0.1, -0.05) is 20.8 Å². The van der Waals surface area contributed by atoms with E-state index in [0.717, 1.165) is 0 Å². The van der Waals surface area contributed by atoms with Gasteiger partial charge in [0.2, 0.25) is 0 Å². The minimum Gasteiger partial charge on any atom is -0.469 e. The molecule has 0 aromatic heterocycles. The molecule has 0 aliphatic heterocycles. The third-order valence-corrected chi connectivity index (χ3v) is 4.10. The van der Waals surface area contributed by atoms with Crippen molar-refractivity contribution in [2.75, 3.05) is 20.3 Å². The van der Waals surface area contributed by atoms with Crippen LogP contribution in [0.2, 0.25) is 0 Å². The van der Waals surface area contributed by atoms with E-state index >= 15 is 0 Å². The predicted octanol–water partition coefficient (Wildman–Crippen LogP) is 2.21. The molecule has 0 rings (SSSR count). The molecule has 0 bridgehead atoms. The lowest BCUT2D eigenvalue weighted by molar-refractivity contribution is -0.165. The Morgan fingerprint density at radius 2 is 1.32 bits per heavy atom. The van der Waals surface area contributed by atoms with Crippen molar-refractivity contribution < 1.29 is 28.6 Å². The summed E-state index contributed by atoms with van der Waals surface area (Å²) in [6.07, 6.45) is 0.444. The fourth-order valence-electron chi connectivity index (χ4n) is 2.45. The summed E-state index contributed by atoms with van der Waals surface area (Å²) in [5.74, 6) is -1.44. The van der Waals surface area contributed by atoms with Crippen LogP contribution < -0.4 is 5.73 Å². The van der Waals surface area contributed by atoms with E-state index in [4.69, 9.17) is 15.2 Å². The summed E-state index contributed by atoms with van der Waals surface area (Å²) in [5, 5.41) is 0. The Bertz CT molecular complexity index is 475. The number of methoxy groups -OCH3 is 1. The van der Waals surface area contributed by atoms with Gasteiger partial charge in [-0.2, -0.15) is 0 Å². The number of rotatable bonds is 9. The first-order valence-corrected chi connectivity index (χ1v) is 8.41. The van der Waals surface area contributed by atoms with Crippen LogP contribution >= 0.6 is 0 Å². The van der Waals surface area contributed by atoms with E-state index in [9.17, 15) is 14.4 Å². The van der Waals surface area contributed by atoms with Crippen molar-refractivity contribution in [3.05, 3.63) is 0 Å². The number of hydrogen-bond donors (Lipinski definition) is 1. The molecular weight excluding hydrogens is 326 g/mol. The lowest BCUT2D eigenvalue weighted by Crippen LogP contribution is -2.55. The third kappa shape index (κ3) is 8.34. The highest BCUT2D eigenvalue weighted by Gasteiger charge is 2.48. The predicted molar refractivity (Wildman–Crippen MR) is 93.6 cm³/mol. The van der Waals surface area contributed by atoms with Crippen molar-refractivity contribution in [2.24, 2.45) is 16.6 Å². The molecule has 0 aromatic rings. The standard InChI is InChI=1S/C18H33NO6/c1-16(2,3)12-18(6,17(4,5)19)15(22)25-11-10-24-14(21)9-8-13(20)23-7/h8-12,19H2,1-7H3. The highest BCUT2D eigenvalue weighted by molar-refractivity contribution is 5.78. The van der Waals surface area contributed by atoms with Gasteiger partial charge in [-0.05, 0) is 32.6 Å². The molecule has 0 amide bonds. The molecule has 25 heavy (non-hydrogen) atoms. The van der Waals surface area contributed by atoms with E-state index in [-0.39, 0.29) is 31.5 Å². The molecule has 0 aliphatic carbocycles. The van der Waals surface area contributed by atoms with Gasteiger partial charge < -0.3 is 19.9 Å². The molecule has 0 aliphatic rings. The van der Waals surface area contributed by atoms with Gasteiger partial charge in [0.05, 0.1) is 25.4 Å². The van der Waals surface area contributed by atoms with Gasteiger partial charge >= 0.3 is 17.9 Å². The van der Waals surface area contributed by atoms with Crippen LogP contribution in [0.15, 0.2) is 0 Å². The lowest BCUT2D eigenvalue weighted by atomic mass is 9.65. The summed E-state index contributed by atoms with van der Waals surface area (Å²) in [6.45, 7) is 11.4. The van der Waals surface area contributed by atoms with Crippen LogP contribution in [-0.4, -0.2) is 43.8 Å². The van der Waals surface area contributed by atoms with Crippen molar-refractivity contribution in [1.29, 1.82) is 0 Å². The molecule has 2 N–H and O–H groups in total. The molecule has 146 valence electrons. The van der Waals surface area contributed by atoms with E-state index in [1.165, 1.54) is 7.11 Å². The lowest BCUT2D eigenvalue weighted by Gasteiger charge is -2.43. The molecule has 0 aromatic carbocycles. The molecule has 0 spiro atoms. The normalized spacial score (nSPS) is 14.4. The van der Waals surface area contributed by atoms with Crippen LogP contribution in [0.3, 0.4) is 0 Å². The Morgan fingerprint density at radius 3 is 1.76 bits per heavy atom. The van der Waals surface area contributed by atoms with E-state index in [0.29, 0.717) is 6.42 Å². The van der Waals surface area contributed by atoms with Crippen molar-refractivity contribution in [1.82, 2.24) is 0 Å². The molecule has 7 nitrogen and oxygen atoms in total. The Labute approximate surface area is 150 Å². The van der Waals surface area contributed by atoms with Crippen molar-refractivity contribution in [2.45, 2.75) is 66.3 Å². The molecule has 1 unspecified atom stereocenters. The van der Waals surface area contributed by atoms with Gasteiger partial charge in [0.1, 0.15) is 13.2 Å². The molecule has 7 heteroatoms. The minimum absolute atomic E-state index is 0.0415. The number of nitrogens with two attached hydrogens (primary N) is 1. The maximum absolute atomic E-state index is 12.6. The summed E-state index contributed by atoms with van der Waals surface area (Å²) >= 11 is 0. The maximum atomic E-state index is 12.6.